The minimum Gasteiger partial charge on any atom is -0.457 e. The molecule has 2 aliphatic rings. The highest BCUT2D eigenvalue weighted by atomic mass is 19.1. The predicted octanol–water partition coefficient (Wildman–Crippen LogP) is 5.61. The summed E-state index contributed by atoms with van der Waals surface area (Å²) in [6.45, 7) is 0.458. The number of benzene rings is 3. The zero-order valence-corrected chi connectivity index (χ0v) is 15.1. The molecule has 0 bridgehead atoms. The van der Waals surface area contributed by atoms with Crippen molar-refractivity contribution >= 4 is 0 Å². The van der Waals surface area contributed by atoms with Crippen molar-refractivity contribution in [1.29, 1.82) is 5.26 Å². The Kier molecular flexibility index (Phi) is 3.92. The van der Waals surface area contributed by atoms with Gasteiger partial charge in [-0.15, -0.1) is 0 Å². The number of halogens is 1. The lowest BCUT2D eigenvalue weighted by Crippen LogP contribution is -2.08. The van der Waals surface area contributed by atoms with Crippen molar-refractivity contribution in [2.45, 2.75) is 12.0 Å². The fraction of sp³-hybridized carbons (Fsp3) is 0.208. The van der Waals surface area contributed by atoms with Gasteiger partial charge in [0.2, 0.25) is 0 Å². The smallest absolute Gasteiger partial charge is 0.130 e. The third-order valence-corrected chi connectivity index (χ3v) is 5.83. The van der Waals surface area contributed by atoms with Crippen molar-refractivity contribution < 1.29 is 13.9 Å². The molecule has 2 fully saturated rings. The summed E-state index contributed by atoms with van der Waals surface area (Å²) >= 11 is 0. The standard InChI is InChI=1S/C24H18FNO2/c25-18-7-4-8-20(13-18)28-19-11-9-16(10-12-19)21-22-23(17-5-2-1-3-6-17)27-15-24(21,22)14-26/h1-13,21-23H,15H2/t21-,22+,23+,24+/m0/s1. The van der Waals surface area contributed by atoms with Gasteiger partial charge in [0.15, 0.2) is 0 Å². The Morgan fingerprint density at radius 2 is 1.71 bits per heavy atom. The van der Waals surface area contributed by atoms with Crippen LogP contribution in [0.15, 0.2) is 78.9 Å². The highest BCUT2D eigenvalue weighted by Gasteiger charge is 2.73. The summed E-state index contributed by atoms with van der Waals surface area (Å²) < 4.78 is 25.0. The molecule has 138 valence electrons. The van der Waals surface area contributed by atoms with Gasteiger partial charge in [0.1, 0.15) is 17.3 Å². The first-order valence-corrected chi connectivity index (χ1v) is 9.32. The second-order valence-electron chi connectivity index (χ2n) is 7.43. The van der Waals surface area contributed by atoms with Crippen LogP contribution in [0.3, 0.4) is 0 Å². The van der Waals surface area contributed by atoms with Gasteiger partial charge in [-0.3, -0.25) is 0 Å². The van der Waals surface area contributed by atoms with E-state index in [4.69, 9.17) is 9.47 Å². The number of hydrogen-bond acceptors (Lipinski definition) is 3. The maximum atomic E-state index is 13.3. The van der Waals surface area contributed by atoms with E-state index in [1.165, 1.54) is 12.1 Å². The van der Waals surface area contributed by atoms with Crippen molar-refractivity contribution in [3.63, 3.8) is 0 Å². The number of fused-ring (bicyclic) bond motifs is 1. The SMILES string of the molecule is N#C[C@]12CO[C@H](c3ccccc3)[C@H]1[C@@H]2c1ccc(Oc2cccc(F)c2)cc1. The number of ether oxygens (including phenoxy) is 2. The molecule has 28 heavy (non-hydrogen) atoms. The topological polar surface area (TPSA) is 42.2 Å². The molecule has 4 heteroatoms. The molecule has 3 nitrogen and oxygen atoms in total. The molecule has 1 saturated carbocycles. The van der Waals surface area contributed by atoms with Crippen LogP contribution in [0.2, 0.25) is 0 Å². The second-order valence-corrected chi connectivity index (χ2v) is 7.43. The highest BCUT2D eigenvalue weighted by molar-refractivity contribution is 5.45. The lowest BCUT2D eigenvalue weighted by Gasteiger charge is -2.16. The fourth-order valence-electron chi connectivity index (χ4n) is 4.47. The molecule has 5 rings (SSSR count). The van der Waals surface area contributed by atoms with Crippen molar-refractivity contribution in [1.82, 2.24) is 0 Å². The zero-order chi connectivity index (χ0) is 19.1. The molecule has 0 unspecified atom stereocenters. The lowest BCUT2D eigenvalue weighted by molar-refractivity contribution is 0.0703. The Morgan fingerprint density at radius 1 is 0.929 bits per heavy atom. The molecular formula is C24H18FNO2. The number of nitriles is 1. The normalized spacial score (nSPS) is 27.6. The first-order valence-electron chi connectivity index (χ1n) is 9.32. The first kappa shape index (κ1) is 17.0. The summed E-state index contributed by atoms with van der Waals surface area (Å²) in [4.78, 5) is 0. The first-order chi connectivity index (χ1) is 13.7. The molecule has 3 aromatic carbocycles. The van der Waals surface area contributed by atoms with E-state index in [0.29, 0.717) is 18.1 Å². The predicted molar refractivity (Wildman–Crippen MR) is 102 cm³/mol. The van der Waals surface area contributed by atoms with E-state index in [2.05, 4.69) is 18.2 Å². The summed E-state index contributed by atoms with van der Waals surface area (Å²) in [5.41, 5.74) is 1.78. The van der Waals surface area contributed by atoms with Gasteiger partial charge >= 0.3 is 0 Å². The molecule has 0 aromatic heterocycles. The van der Waals surface area contributed by atoms with E-state index >= 15 is 0 Å². The largest absolute Gasteiger partial charge is 0.457 e. The maximum absolute atomic E-state index is 13.3. The van der Waals surface area contributed by atoms with Crippen molar-refractivity contribution in [2.24, 2.45) is 11.3 Å². The Hall–Kier alpha value is -3.16. The van der Waals surface area contributed by atoms with Crippen molar-refractivity contribution in [3.05, 3.63) is 95.8 Å². The molecular weight excluding hydrogens is 353 g/mol. The minimum absolute atomic E-state index is 0.0472. The third kappa shape index (κ3) is 2.67. The molecule has 0 spiro atoms. The summed E-state index contributed by atoms with van der Waals surface area (Å²) in [7, 11) is 0. The van der Waals surface area contributed by atoms with Gasteiger partial charge in [0.25, 0.3) is 0 Å². The lowest BCUT2D eigenvalue weighted by atomic mass is 10.0. The second kappa shape index (κ2) is 6.47. The number of nitrogens with zero attached hydrogens (tertiary/aromatic N) is 1. The van der Waals surface area contributed by atoms with Crippen molar-refractivity contribution in [2.75, 3.05) is 6.61 Å². The van der Waals surface area contributed by atoms with Crippen LogP contribution < -0.4 is 4.74 Å². The Labute approximate surface area is 163 Å². The van der Waals surface area contributed by atoms with Crippen LogP contribution in [0.5, 0.6) is 11.5 Å². The molecule has 1 aliphatic heterocycles. The molecule has 3 aromatic rings. The molecule has 0 N–H and O–H groups in total. The number of hydrogen-bond donors (Lipinski definition) is 0. The number of rotatable bonds is 4. The van der Waals surface area contributed by atoms with Crippen LogP contribution in [0.1, 0.15) is 23.1 Å². The Balaban J connectivity index is 1.37. The van der Waals surface area contributed by atoms with Crippen LogP contribution in [0.4, 0.5) is 4.39 Å². The maximum Gasteiger partial charge on any atom is 0.130 e. The van der Waals surface area contributed by atoms with Crippen molar-refractivity contribution in [3.8, 4) is 17.6 Å². The average molecular weight is 371 g/mol. The van der Waals surface area contributed by atoms with Gasteiger partial charge in [-0.2, -0.15) is 5.26 Å². The van der Waals surface area contributed by atoms with E-state index in [1.807, 2.05) is 42.5 Å². The van der Waals surface area contributed by atoms with E-state index < -0.39 is 5.41 Å². The van der Waals surface area contributed by atoms with Gasteiger partial charge in [0.05, 0.1) is 24.2 Å². The third-order valence-electron chi connectivity index (χ3n) is 5.83. The summed E-state index contributed by atoms with van der Waals surface area (Å²) in [6, 6.07) is 26.4. The zero-order valence-electron chi connectivity index (χ0n) is 15.1. The van der Waals surface area contributed by atoms with Gasteiger partial charge in [-0.1, -0.05) is 48.5 Å². The van der Waals surface area contributed by atoms with Gasteiger partial charge in [-0.25, -0.2) is 4.39 Å². The monoisotopic (exact) mass is 371 g/mol. The molecule has 1 saturated heterocycles. The molecule has 1 heterocycles. The Morgan fingerprint density at radius 3 is 2.43 bits per heavy atom. The van der Waals surface area contributed by atoms with E-state index in [9.17, 15) is 9.65 Å². The van der Waals surface area contributed by atoms with E-state index in [1.54, 1.807) is 12.1 Å². The van der Waals surface area contributed by atoms with Crippen LogP contribution in [0, 0.1) is 28.5 Å². The summed E-state index contributed by atoms with van der Waals surface area (Å²) in [6.07, 6.45) is -0.0472. The summed E-state index contributed by atoms with van der Waals surface area (Å²) in [5.74, 6) is 1.08. The molecule has 0 radical (unpaired) electrons. The van der Waals surface area contributed by atoms with Gasteiger partial charge in [0, 0.05) is 17.9 Å². The molecule has 1 aliphatic carbocycles. The van der Waals surface area contributed by atoms with E-state index in [0.717, 1.165) is 11.1 Å². The molecule has 4 atom stereocenters. The van der Waals surface area contributed by atoms with Crippen LogP contribution in [-0.2, 0) is 4.74 Å². The summed E-state index contributed by atoms with van der Waals surface area (Å²) in [5, 5.41) is 9.85. The van der Waals surface area contributed by atoms with Crippen LogP contribution >= 0.6 is 0 Å². The average Bonchev–Trinajstić information content (AvgIpc) is 3.22. The minimum atomic E-state index is -0.453. The highest BCUT2D eigenvalue weighted by Crippen LogP contribution is 2.73. The van der Waals surface area contributed by atoms with Crippen LogP contribution in [0.25, 0.3) is 0 Å². The van der Waals surface area contributed by atoms with E-state index in [-0.39, 0.29) is 23.8 Å². The fourth-order valence-corrected chi connectivity index (χ4v) is 4.47. The van der Waals surface area contributed by atoms with Crippen LogP contribution in [-0.4, -0.2) is 6.61 Å². The Bertz CT molecular complexity index is 1040. The van der Waals surface area contributed by atoms with Gasteiger partial charge in [-0.05, 0) is 35.4 Å². The van der Waals surface area contributed by atoms with Gasteiger partial charge < -0.3 is 9.47 Å². The molecule has 0 amide bonds. The quantitative estimate of drug-likeness (QED) is 0.598.